The summed E-state index contributed by atoms with van der Waals surface area (Å²) in [5.74, 6) is 1.65. The highest BCUT2D eigenvalue weighted by Crippen LogP contribution is 2.26. The smallest absolute Gasteiger partial charge is 0.249 e. The summed E-state index contributed by atoms with van der Waals surface area (Å²) in [5, 5.41) is 7.99. The van der Waals surface area contributed by atoms with E-state index in [-0.39, 0.29) is 0 Å². The summed E-state index contributed by atoms with van der Waals surface area (Å²) in [7, 11) is 0. The lowest BCUT2D eigenvalue weighted by molar-refractivity contribution is 0.552. The Kier molecular flexibility index (Phi) is 3.29. The van der Waals surface area contributed by atoms with Crippen LogP contribution in [0.3, 0.4) is 0 Å². The van der Waals surface area contributed by atoms with Gasteiger partial charge in [-0.25, -0.2) is 0 Å². The molecule has 19 heavy (non-hydrogen) atoms. The van der Waals surface area contributed by atoms with Crippen molar-refractivity contribution in [1.29, 1.82) is 0 Å². The van der Waals surface area contributed by atoms with Crippen LogP contribution in [0.1, 0.15) is 11.7 Å². The summed E-state index contributed by atoms with van der Waals surface area (Å²) in [4.78, 5) is 0. The summed E-state index contributed by atoms with van der Waals surface area (Å²) >= 11 is 3.45. The van der Waals surface area contributed by atoms with Crippen molar-refractivity contribution in [3.05, 3.63) is 58.8 Å². The van der Waals surface area contributed by atoms with Crippen molar-refractivity contribution in [3.8, 4) is 11.5 Å². The van der Waals surface area contributed by atoms with E-state index in [0.717, 1.165) is 15.8 Å². The van der Waals surface area contributed by atoms with E-state index in [9.17, 15) is 0 Å². The Morgan fingerprint density at radius 2 is 1.89 bits per heavy atom. The Morgan fingerprint density at radius 1 is 1.00 bits per heavy atom. The van der Waals surface area contributed by atoms with E-state index in [1.807, 2.05) is 36.4 Å². The summed E-state index contributed by atoms with van der Waals surface area (Å²) in [5.41, 5.74) is 0.868. The molecule has 0 aliphatic carbocycles. The van der Waals surface area contributed by atoms with Gasteiger partial charge in [0.2, 0.25) is 11.8 Å². The van der Waals surface area contributed by atoms with E-state index in [1.54, 1.807) is 18.4 Å². The first kappa shape index (κ1) is 11.9. The number of nitrogens with zero attached hydrogens (tertiary/aromatic N) is 2. The van der Waals surface area contributed by atoms with Crippen molar-refractivity contribution < 1.29 is 8.83 Å². The number of hydrogen-bond acceptors (Lipinski definition) is 4. The molecule has 0 amide bonds. The molecule has 0 saturated carbocycles. The number of rotatable bonds is 3. The SMILES string of the molecule is Brc1ccccc1-c1nnc(/C=C/c2ccco2)o1. The molecule has 2 aromatic heterocycles. The molecule has 0 radical (unpaired) electrons. The van der Waals surface area contributed by atoms with Crippen molar-refractivity contribution in [2.45, 2.75) is 0 Å². The average molecular weight is 317 g/mol. The van der Waals surface area contributed by atoms with E-state index < -0.39 is 0 Å². The summed E-state index contributed by atoms with van der Waals surface area (Å²) in [6, 6.07) is 11.4. The van der Waals surface area contributed by atoms with Crippen LogP contribution < -0.4 is 0 Å². The summed E-state index contributed by atoms with van der Waals surface area (Å²) < 4.78 is 11.7. The zero-order valence-corrected chi connectivity index (χ0v) is 11.4. The molecule has 0 saturated heterocycles. The Balaban J connectivity index is 1.86. The van der Waals surface area contributed by atoms with Gasteiger partial charge in [0.05, 0.1) is 11.8 Å². The summed E-state index contributed by atoms with van der Waals surface area (Å²) in [6.07, 6.45) is 5.10. The maximum absolute atomic E-state index is 5.57. The normalized spacial score (nSPS) is 11.2. The number of aromatic nitrogens is 2. The average Bonchev–Trinajstić information content (AvgIpc) is 3.08. The first-order chi connectivity index (χ1) is 9.33. The van der Waals surface area contributed by atoms with Crippen LogP contribution in [0.15, 0.2) is 56.0 Å². The van der Waals surface area contributed by atoms with Crippen molar-refractivity contribution in [2.24, 2.45) is 0 Å². The van der Waals surface area contributed by atoms with Crippen LogP contribution in [0.2, 0.25) is 0 Å². The van der Waals surface area contributed by atoms with Crippen molar-refractivity contribution in [3.63, 3.8) is 0 Å². The van der Waals surface area contributed by atoms with E-state index in [1.165, 1.54) is 0 Å². The van der Waals surface area contributed by atoms with E-state index in [2.05, 4.69) is 26.1 Å². The lowest BCUT2D eigenvalue weighted by Gasteiger charge is -1.96. The molecule has 3 rings (SSSR count). The number of benzene rings is 1. The van der Waals surface area contributed by atoms with Gasteiger partial charge in [-0.05, 0) is 46.3 Å². The van der Waals surface area contributed by atoms with Crippen LogP contribution in [0.25, 0.3) is 23.6 Å². The molecule has 0 aliphatic heterocycles. The summed E-state index contributed by atoms with van der Waals surface area (Å²) in [6.45, 7) is 0. The molecule has 1 aromatic carbocycles. The fourth-order valence-corrected chi connectivity index (χ4v) is 2.04. The van der Waals surface area contributed by atoms with Crippen molar-refractivity contribution in [2.75, 3.05) is 0 Å². The van der Waals surface area contributed by atoms with Gasteiger partial charge in [-0.3, -0.25) is 0 Å². The molecule has 0 bridgehead atoms. The van der Waals surface area contributed by atoms with Crippen LogP contribution in [0, 0.1) is 0 Å². The molecule has 94 valence electrons. The predicted octanol–water partition coefficient (Wildman–Crippen LogP) is 4.26. The molecule has 2 heterocycles. The van der Waals surface area contributed by atoms with Gasteiger partial charge in [-0.2, -0.15) is 0 Å². The second-order valence-electron chi connectivity index (χ2n) is 3.77. The minimum atomic E-state index is 0.433. The molecule has 3 aromatic rings. The Labute approximate surface area is 117 Å². The standard InChI is InChI=1S/C14H9BrN2O2/c15-12-6-2-1-5-11(12)14-17-16-13(19-14)8-7-10-4-3-9-18-10/h1-9H/b8-7+. The van der Waals surface area contributed by atoms with E-state index in [4.69, 9.17) is 8.83 Å². The molecule has 0 N–H and O–H groups in total. The lowest BCUT2D eigenvalue weighted by Crippen LogP contribution is -1.78. The minimum Gasteiger partial charge on any atom is -0.465 e. The second kappa shape index (κ2) is 5.24. The Morgan fingerprint density at radius 3 is 2.68 bits per heavy atom. The largest absolute Gasteiger partial charge is 0.465 e. The maximum Gasteiger partial charge on any atom is 0.249 e. The van der Waals surface area contributed by atoms with Crippen LogP contribution in [-0.2, 0) is 0 Å². The molecule has 0 fully saturated rings. The van der Waals surface area contributed by atoms with E-state index in [0.29, 0.717) is 11.8 Å². The van der Waals surface area contributed by atoms with Gasteiger partial charge in [0, 0.05) is 10.5 Å². The number of furan rings is 1. The molecule has 4 nitrogen and oxygen atoms in total. The van der Waals surface area contributed by atoms with Gasteiger partial charge < -0.3 is 8.83 Å². The quantitative estimate of drug-likeness (QED) is 0.724. The van der Waals surface area contributed by atoms with Gasteiger partial charge in [-0.1, -0.05) is 12.1 Å². The highest BCUT2D eigenvalue weighted by molar-refractivity contribution is 9.10. The zero-order valence-electron chi connectivity index (χ0n) is 9.79. The van der Waals surface area contributed by atoms with Crippen molar-refractivity contribution in [1.82, 2.24) is 10.2 Å². The fourth-order valence-electron chi connectivity index (χ4n) is 1.58. The second-order valence-corrected chi connectivity index (χ2v) is 4.63. The Hall–Kier alpha value is -2.14. The molecule has 5 heteroatoms. The van der Waals surface area contributed by atoms with Gasteiger partial charge >= 0.3 is 0 Å². The number of hydrogen-bond donors (Lipinski definition) is 0. The molecule has 0 unspecified atom stereocenters. The lowest BCUT2D eigenvalue weighted by atomic mass is 10.2. The fraction of sp³-hybridized carbons (Fsp3) is 0. The first-order valence-corrected chi connectivity index (χ1v) is 6.42. The van der Waals surface area contributed by atoms with Crippen LogP contribution in [-0.4, -0.2) is 10.2 Å². The number of halogens is 1. The zero-order chi connectivity index (χ0) is 13.1. The monoisotopic (exact) mass is 316 g/mol. The van der Waals surface area contributed by atoms with Crippen LogP contribution in [0.5, 0.6) is 0 Å². The van der Waals surface area contributed by atoms with E-state index >= 15 is 0 Å². The highest BCUT2D eigenvalue weighted by Gasteiger charge is 2.09. The molecule has 0 atom stereocenters. The van der Waals surface area contributed by atoms with Crippen molar-refractivity contribution >= 4 is 28.1 Å². The molecular weight excluding hydrogens is 308 g/mol. The topological polar surface area (TPSA) is 52.1 Å². The first-order valence-electron chi connectivity index (χ1n) is 5.63. The maximum atomic E-state index is 5.57. The molecule has 0 aliphatic rings. The van der Waals surface area contributed by atoms with Gasteiger partial charge in [0.1, 0.15) is 5.76 Å². The van der Waals surface area contributed by atoms with Crippen LogP contribution >= 0.6 is 15.9 Å². The minimum absolute atomic E-state index is 0.433. The highest BCUT2D eigenvalue weighted by atomic mass is 79.9. The molecule has 0 spiro atoms. The third-order valence-electron chi connectivity index (χ3n) is 2.48. The molecular formula is C14H9BrN2O2. The predicted molar refractivity (Wildman–Crippen MR) is 75.1 cm³/mol. The third kappa shape index (κ3) is 2.66. The van der Waals surface area contributed by atoms with Gasteiger partial charge in [-0.15, -0.1) is 10.2 Å². The Bertz CT molecular complexity index is 702. The van der Waals surface area contributed by atoms with Gasteiger partial charge in [0.15, 0.2) is 0 Å². The van der Waals surface area contributed by atoms with Gasteiger partial charge in [0.25, 0.3) is 0 Å². The third-order valence-corrected chi connectivity index (χ3v) is 3.17. The van der Waals surface area contributed by atoms with Crippen LogP contribution in [0.4, 0.5) is 0 Å².